The van der Waals surface area contributed by atoms with Crippen molar-refractivity contribution in [1.29, 1.82) is 0 Å². The molecule has 0 saturated heterocycles. The fraction of sp³-hybridized carbons (Fsp3) is 0.375. The Bertz CT molecular complexity index is 698. The van der Waals surface area contributed by atoms with Crippen LogP contribution >= 0.6 is 0 Å². The fourth-order valence-electron chi connectivity index (χ4n) is 2.30. The Balaban J connectivity index is 1.97. The predicted molar refractivity (Wildman–Crippen MR) is 87.8 cm³/mol. The lowest BCUT2D eigenvalue weighted by atomic mass is 10.0. The number of sulfonamides is 1. The molecule has 1 unspecified atom stereocenters. The van der Waals surface area contributed by atoms with E-state index in [0.717, 1.165) is 5.56 Å². The van der Waals surface area contributed by atoms with Gasteiger partial charge in [-0.05, 0) is 29.3 Å². The van der Waals surface area contributed by atoms with Crippen LogP contribution in [0, 0.1) is 0 Å². The molecule has 0 heterocycles. The van der Waals surface area contributed by atoms with E-state index in [2.05, 4.69) is 40.4 Å². The number of benzene rings is 2. The lowest BCUT2D eigenvalue weighted by Gasteiger charge is -2.15. The summed E-state index contributed by atoms with van der Waals surface area (Å²) in [5.74, 6) is 0.0960. The van der Waals surface area contributed by atoms with Gasteiger partial charge in [-0.15, -0.1) is 0 Å². The molecule has 114 valence electrons. The number of rotatable bonds is 7. The highest BCUT2D eigenvalue weighted by Crippen LogP contribution is 2.20. The SMILES string of the molecule is CCNS(=O)(=O)CCNC(C)c1ccc2ccccc2c1. The second kappa shape index (κ2) is 7.02. The first-order chi connectivity index (χ1) is 10.0. The summed E-state index contributed by atoms with van der Waals surface area (Å²) in [5.41, 5.74) is 1.16. The van der Waals surface area contributed by atoms with Gasteiger partial charge in [0, 0.05) is 19.1 Å². The highest BCUT2D eigenvalue weighted by molar-refractivity contribution is 7.89. The van der Waals surface area contributed by atoms with E-state index in [0.29, 0.717) is 13.1 Å². The minimum Gasteiger partial charge on any atom is -0.309 e. The monoisotopic (exact) mass is 306 g/mol. The van der Waals surface area contributed by atoms with Crippen molar-refractivity contribution in [2.45, 2.75) is 19.9 Å². The van der Waals surface area contributed by atoms with Crippen LogP contribution in [-0.4, -0.2) is 27.3 Å². The highest BCUT2D eigenvalue weighted by Gasteiger charge is 2.10. The molecule has 0 aliphatic heterocycles. The molecule has 4 nitrogen and oxygen atoms in total. The van der Waals surface area contributed by atoms with E-state index in [-0.39, 0.29) is 11.8 Å². The summed E-state index contributed by atoms with van der Waals surface area (Å²) in [5, 5.41) is 5.67. The third-order valence-electron chi connectivity index (χ3n) is 3.46. The Morgan fingerprint density at radius 2 is 1.81 bits per heavy atom. The molecule has 0 amide bonds. The molecule has 2 aromatic carbocycles. The van der Waals surface area contributed by atoms with E-state index < -0.39 is 10.0 Å². The minimum atomic E-state index is -3.16. The van der Waals surface area contributed by atoms with Crippen molar-refractivity contribution in [3.63, 3.8) is 0 Å². The summed E-state index contributed by atoms with van der Waals surface area (Å²) in [6.45, 7) is 4.69. The maximum absolute atomic E-state index is 11.6. The average molecular weight is 306 g/mol. The third-order valence-corrected chi connectivity index (χ3v) is 4.93. The molecule has 0 bridgehead atoms. The molecule has 5 heteroatoms. The Hall–Kier alpha value is -1.43. The van der Waals surface area contributed by atoms with E-state index in [1.165, 1.54) is 10.8 Å². The zero-order valence-electron chi connectivity index (χ0n) is 12.5. The van der Waals surface area contributed by atoms with Gasteiger partial charge in [0.15, 0.2) is 0 Å². The molecule has 0 aliphatic rings. The number of fused-ring (bicyclic) bond motifs is 1. The Labute approximate surface area is 126 Å². The first kappa shape index (κ1) is 15.9. The van der Waals surface area contributed by atoms with Gasteiger partial charge in [-0.2, -0.15) is 0 Å². The Kier molecular flexibility index (Phi) is 5.33. The van der Waals surface area contributed by atoms with E-state index in [4.69, 9.17) is 0 Å². The largest absolute Gasteiger partial charge is 0.309 e. The fourth-order valence-corrected chi connectivity index (χ4v) is 3.27. The predicted octanol–water partition coefficient (Wildman–Crippen LogP) is 2.43. The van der Waals surface area contributed by atoms with Crippen LogP contribution < -0.4 is 10.0 Å². The van der Waals surface area contributed by atoms with Gasteiger partial charge in [0.25, 0.3) is 0 Å². The van der Waals surface area contributed by atoms with Crippen LogP contribution in [0.2, 0.25) is 0 Å². The summed E-state index contributed by atoms with van der Waals surface area (Å²) in [6.07, 6.45) is 0. The van der Waals surface area contributed by atoms with Crippen LogP contribution in [0.5, 0.6) is 0 Å². The molecule has 2 N–H and O–H groups in total. The maximum atomic E-state index is 11.6. The Morgan fingerprint density at radius 3 is 2.52 bits per heavy atom. The van der Waals surface area contributed by atoms with E-state index in [1.54, 1.807) is 6.92 Å². The molecule has 0 aromatic heterocycles. The van der Waals surface area contributed by atoms with Gasteiger partial charge in [-0.25, -0.2) is 13.1 Å². The lowest BCUT2D eigenvalue weighted by molar-refractivity contribution is 0.564. The van der Waals surface area contributed by atoms with Crippen molar-refractivity contribution in [1.82, 2.24) is 10.0 Å². The van der Waals surface area contributed by atoms with Crippen LogP contribution in [0.4, 0.5) is 0 Å². The normalized spacial score (nSPS) is 13.4. The van der Waals surface area contributed by atoms with Crippen molar-refractivity contribution in [2.75, 3.05) is 18.8 Å². The molecule has 0 radical (unpaired) electrons. The zero-order valence-corrected chi connectivity index (χ0v) is 13.3. The van der Waals surface area contributed by atoms with Crippen molar-refractivity contribution in [2.24, 2.45) is 0 Å². The first-order valence-electron chi connectivity index (χ1n) is 7.21. The van der Waals surface area contributed by atoms with Gasteiger partial charge < -0.3 is 5.32 Å². The van der Waals surface area contributed by atoms with Crippen LogP contribution in [0.15, 0.2) is 42.5 Å². The third kappa shape index (κ3) is 4.52. The molecule has 0 fully saturated rings. The van der Waals surface area contributed by atoms with Crippen molar-refractivity contribution >= 4 is 20.8 Å². The molecule has 1 atom stereocenters. The summed E-state index contributed by atoms with van der Waals surface area (Å²) in [4.78, 5) is 0. The van der Waals surface area contributed by atoms with Crippen molar-refractivity contribution < 1.29 is 8.42 Å². The van der Waals surface area contributed by atoms with Crippen LogP contribution in [-0.2, 0) is 10.0 Å². The second-order valence-electron chi connectivity index (χ2n) is 5.10. The zero-order chi connectivity index (χ0) is 15.3. The van der Waals surface area contributed by atoms with Crippen molar-refractivity contribution in [3.05, 3.63) is 48.0 Å². The molecular weight excluding hydrogens is 284 g/mol. The molecular formula is C16H22N2O2S. The van der Waals surface area contributed by atoms with Gasteiger partial charge in [0.1, 0.15) is 0 Å². The van der Waals surface area contributed by atoms with Gasteiger partial charge in [0.2, 0.25) is 10.0 Å². The van der Waals surface area contributed by atoms with Gasteiger partial charge in [-0.3, -0.25) is 0 Å². The average Bonchev–Trinajstić information content (AvgIpc) is 2.46. The quantitative estimate of drug-likeness (QED) is 0.826. The molecule has 21 heavy (non-hydrogen) atoms. The summed E-state index contributed by atoms with van der Waals surface area (Å²) < 4.78 is 25.6. The molecule has 0 aliphatic carbocycles. The van der Waals surface area contributed by atoms with E-state index in [1.807, 2.05) is 19.1 Å². The molecule has 2 rings (SSSR count). The molecule has 0 saturated carbocycles. The van der Waals surface area contributed by atoms with E-state index >= 15 is 0 Å². The van der Waals surface area contributed by atoms with Crippen LogP contribution in [0.25, 0.3) is 10.8 Å². The van der Waals surface area contributed by atoms with Crippen molar-refractivity contribution in [3.8, 4) is 0 Å². The maximum Gasteiger partial charge on any atom is 0.212 e. The van der Waals surface area contributed by atoms with E-state index in [9.17, 15) is 8.42 Å². The highest BCUT2D eigenvalue weighted by atomic mass is 32.2. The molecule has 2 aromatic rings. The lowest BCUT2D eigenvalue weighted by Crippen LogP contribution is -2.32. The number of hydrogen-bond donors (Lipinski definition) is 2. The van der Waals surface area contributed by atoms with Gasteiger partial charge in [-0.1, -0.05) is 43.3 Å². The van der Waals surface area contributed by atoms with Crippen LogP contribution in [0.3, 0.4) is 0 Å². The summed E-state index contributed by atoms with van der Waals surface area (Å²) in [7, 11) is -3.16. The van der Waals surface area contributed by atoms with Gasteiger partial charge in [0.05, 0.1) is 5.75 Å². The number of nitrogens with one attached hydrogen (secondary N) is 2. The topological polar surface area (TPSA) is 58.2 Å². The summed E-state index contributed by atoms with van der Waals surface area (Å²) >= 11 is 0. The van der Waals surface area contributed by atoms with Crippen LogP contribution in [0.1, 0.15) is 25.5 Å². The summed E-state index contributed by atoms with van der Waals surface area (Å²) in [6, 6.07) is 14.7. The molecule has 0 spiro atoms. The minimum absolute atomic E-state index is 0.0960. The number of hydrogen-bond acceptors (Lipinski definition) is 3. The second-order valence-corrected chi connectivity index (χ2v) is 7.03. The Morgan fingerprint density at radius 1 is 1.10 bits per heavy atom. The standard InChI is InChI=1S/C16H22N2O2S/c1-3-18-21(19,20)11-10-17-13(2)15-9-8-14-6-4-5-7-16(14)12-15/h4-9,12-13,17-18H,3,10-11H2,1-2H3. The smallest absolute Gasteiger partial charge is 0.212 e. The first-order valence-corrected chi connectivity index (χ1v) is 8.86. The van der Waals surface area contributed by atoms with Gasteiger partial charge >= 0.3 is 0 Å².